The van der Waals surface area contributed by atoms with E-state index in [1.807, 2.05) is 53.4 Å². The summed E-state index contributed by atoms with van der Waals surface area (Å²) in [5, 5.41) is 0.163. The maximum atomic E-state index is 12.3. The summed E-state index contributed by atoms with van der Waals surface area (Å²) in [5.74, 6) is 1.08. The van der Waals surface area contributed by atoms with Crippen molar-refractivity contribution in [1.29, 1.82) is 0 Å². The number of para-hydroxylation sites is 1. The van der Waals surface area contributed by atoms with Gasteiger partial charge in [-0.1, -0.05) is 42.5 Å². The van der Waals surface area contributed by atoms with E-state index in [-0.39, 0.29) is 11.2 Å². The van der Waals surface area contributed by atoms with Gasteiger partial charge in [0.15, 0.2) is 0 Å². The molecule has 2 aliphatic rings. The molecule has 0 spiro atoms. The highest BCUT2D eigenvalue weighted by molar-refractivity contribution is 8.01. The van der Waals surface area contributed by atoms with Crippen molar-refractivity contribution in [3.63, 3.8) is 0 Å². The molecule has 4 rings (SSSR count). The minimum atomic E-state index is 0.163. The van der Waals surface area contributed by atoms with E-state index in [1.54, 1.807) is 11.8 Å². The second kappa shape index (κ2) is 5.04. The summed E-state index contributed by atoms with van der Waals surface area (Å²) >= 11 is 1.75. The Labute approximate surface area is 127 Å². The fourth-order valence-corrected chi connectivity index (χ4v) is 3.96. The number of aliphatic imine (C=N–C) groups is 1. The van der Waals surface area contributed by atoms with Crippen molar-refractivity contribution in [1.82, 2.24) is 4.90 Å². The molecule has 21 heavy (non-hydrogen) atoms. The Morgan fingerprint density at radius 2 is 1.86 bits per heavy atom. The van der Waals surface area contributed by atoms with E-state index in [4.69, 9.17) is 4.99 Å². The summed E-state index contributed by atoms with van der Waals surface area (Å²) in [5.41, 5.74) is 2.11. The molecule has 1 saturated heterocycles. The van der Waals surface area contributed by atoms with Crippen LogP contribution in [0.3, 0.4) is 0 Å². The van der Waals surface area contributed by atoms with Crippen LogP contribution >= 0.6 is 11.8 Å². The van der Waals surface area contributed by atoms with Crippen LogP contribution in [0.2, 0.25) is 0 Å². The van der Waals surface area contributed by atoms with E-state index >= 15 is 0 Å². The van der Waals surface area contributed by atoms with Crippen LogP contribution in [-0.2, 0) is 11.3 Å². The van der Waals surface area contributed by atoms with E-state index in [0.717, 1.165) is 17.1 Å². The lowest BCUT2D eigenvalue weighted by molar-refractivity contribution is -0.126. The van der Waals surface area contributed by atoms with Crippen molar-refractivity contribution < 1.29 is 4.79 Å². The molecule has 1 amide bonds. The molecule has 0 saturated carbocycles. The third-order valence-corrected chi connectivity index (χ3v) is 5.04. The maximum absolute atomic E-state index is 12.3. The first-order chi connectivity index (χ1) is 10.3. The average Bonchev–Trinajstić information content (AvgIpc) is 2.81. The lowest BCUT2D eigenvalue weighted by Gasteiger charge is -2.23. The van der Waals surface area contributed by atoms with Gasteiger partial charge < -0.3 is 0 Å². The molecule has 1 atom stereocenters. The Hall–Kier alpha value is -2.07. The number of fused-ring (bicyclic) bond motifs is 2. The molecule has 1 fully saturated rings. The molecular formula is C17H14N2OS. The summed E-state index contributed by atoms with van der Waals surface area (Å²) in [6.07, 6.45) is 0.546. The summed E-state index contributed by atoms with van der Waals surface area (Å²) in [7, 11) is 0. The molecule has 2 aromatic rings. The van der Waals surface area contributed by atoms with Gasteiger partial charge in [0, 0.05) is 11.3 Å². The van der Waals surface area contributed by atoms with Crippen molar-refractivity contribution in [2.24, 2.45) is 4.99 Å². The minimum absolute atomic E-state index is 0.163. The number of nitrogens with zero attached hydrogens (tertiary/aromatic N) is 2. The van der Waals surface area contributed by atoms with Gasteiger partial charge in [0.25, 0.3) is 0 Å². The minimum Gasteiger partial charge on any atom is -0.295 e. The van der Waals surface area contributed by atoms with Gasteiger partial charge >= 0.3 is 0 Å². The Morgan fingerprint density at radius 1 is 1.10 bits per heavy atom. The zero-order valence-electron chi connectivity index (χ0n) is 11.4. The number of rotatable bonds is 2. The Bertz CT molecular complexity index is 727. The quantitative estimate of drug-likeness (QED) is 0.847. The van der Waals surface area contributed by atoms with Gasteiger partial charge in [-0.3, -0.25) is 9.69 Å². The monoisotopic (exact) mass is 294 g/mol. The van der Waals surface area contributed by atoms with Crippen LogP contribution in [0.1, 0.15) is 12.0 Å². The number of hydrogen-bond acceptors (Lipinski definition) is 3. The number of hydrogen-bond donors (Lipinski definition) is 0. The van der Waals surface area contributed by atoms with Crippen LogP contribution in [0.5, 0.6) is 0 Å². The summed E-state index contributed by atoms with van der Waals surface area (Å²) < 4.78 is 0. The molecule has 104 valence electrons. The third-order valence-electron chi connectivity index (χ3n) is 3.78. The van der Waals surface area contributed by atoms with Crippen molar-refractivity contribution in [3.8, 4) is 0 Å². The average molecular weight is 294 g/mol. The highest BCUT2D eigenvalue weighted by atomic mass is 32.2. The van der Waals surface area contributed by atoms with Crippen LogP contribution in [-0.4, -0.2) is 21.9 Å². The van der Waals surface area contributed by atoms with Gasteiger partial charge in [0.05, 0.1) is 17.5 Å². The van der Waals surface area contributed by atoms with E-state index in [2.05, 4.69) is 6.07 Å². The SMILES string of the molecule is O=C1CC2Sc3ccccc3N=C2N1Cc1ccccc1. The summed E-state index contributed by atoms with van der Waals surface area (Å²) in [6.45, 7) is 0.609. The normalized spacial score (nSPS) is 20.0. The topological polar surface area (TPSA) is 32.7 Å². The lowest BCUT2D eigenvalue weighted by Crippen LogP contribution is -2.31. The lowest BCUT2D eigenvalue weighted by atomic mass is 10.2. The fourth-order valence-electron chi connectivity index (χ4n) is 2.75. The number of benzene rings is 2. The van der Waals surface area contributed by atoms with Crippen molar-refractivity contribution in [3.05, 3.63) is 60.2 Å². The predicted molar refractivity (Wildman–Crippen MR) is 84.8 cm³/mol. The number of carbonyl (C=O) groups is 1. The number of carbonyl (C=O) groups excluding carboxylic acids is 1. The Morgan fingerprint density at radius 3 is 2.71 bits per heavy atom. The first kappa shape index (κ1) is 12.7. The molecule has 3 nitrogen and oxygen atoms in total. The maximum Gasteiger partial charge on any atom is 0.229 e. The van der Waals surface area contributed by atoms with Gasteiger partial charge in [0.1, 0.15) is 5.84 Å². The molecule has 2 aromatic carbocycles. The van der Waals surface area contributed by atoms with Gasteiger partial charge in [-0.15, -0.1) is 11.8 Å². The summed E-state index contributed by atoms with van der Waals surface area (Å²) in [4.78, 5) is 20.1. The van der Waals surface area contributed by atoms with Crippen molar-refractivity contribution in [2.45, 2.75) is 23.1 Å². The number of thioether (sulfide) groups is 1. The molecular weight excluding hydrogens is 280 g/mol. The zero-order valence-corrected chi connectivity index (χ0v) is 12.2. The molecule has 0 bridgehead atoms. The van der Waals surface area contributed by atoms with E-state index in [0.29, 0.717) is 13.0 Å². The van der Waals surface area contributed by atoms with Gasteiger partial charge in [0.2, 0.25) is 5.91 Å². The number of likely N-dealkylation sites (tertiary alicyclic amines) is 1. The van der Waals surface area contributed by atoms with Crippen LogP contribution in [0.4, 0.5) is 5.69 Å². The molecule has 0 aliphatic carbocycles. The van der Waals surface area contributed by atoms with E-state index < -0.39 is 0 Å². The standard InChI is InChI=1S/C17H14N2OS/c20-16-10-15-17(18-13-8-4-5-9-14(13)21-15)19(16)11-12-6-2-1-3-7-12/h1-9,15H,10-11H2. The molecule has 0 radical (unpaired) electrons. The largest absolute Gasteiger partial charge is 0.295 e. The predicted octanol–water partition coefficient (Wildman–Crippen LogP) is 3.62. The van der Waals surface area contributed by atoms with Crippen LogP contribution in [0, 0.1) is 0 Å². The highest BCUT2D eigenvalue weighted by Gasteiger charge is 2.39. The van der Waals surface area contributed by atoms with E-state index in [1.165, 1.54) is 4.90 Å². The first-order valence-electron chi connectivity index (χ1n) is 7.00. The highest BCUT2D eigenvalue weighted by Crippen LogP contribution is 2.42. The molecule has 0 aromatic heterocycles. The molecule has 4 heteroatoms. The molecule has 0 N–H and O–H groups in total. The van der Waals surface area contributed by atoms with Crippen LogP contribution in [0.25, 0.3) is 0 Å². The van der Waals surface area contributed by atoms with Crippen LogP contribution < -0.4 is 0 Å². The van der Waals surface area contributed by atoms with Crippen LogP contribution in [0.15, 0.2) is 64.5 Å². The smallest absolute Gasteiger partial charge is 0.229 e. The van der Waals surface area contributed by atoms with Crippen molar-refractivity contribution >= 4 is 29.2 Å². The molecule has 2 aliphatic heterocycles. The van der Waals surface area contributed by atoms with E-state index in [9.17, 15) is 4.79 Å². The van der Waals surface area contributed by atoms with Gasteiger partial charge in [-0.25, -0.2) is 4.99 Å². The van der Waals surface area contributed by atoms with Gasteiger partial charge in [-0.2, -0.15) is 0 Å². The second-order valence-electron chi connectivity index (χ2n) is 5.21. The first-order valence-corrected chi connectivity index (χ1v) is 7.88. The number of amides is 1. The zero-order chi connectivity index (χ0) is 14.2. The Balaban J connectivity index is 1.69. The second-order valence-corrected chi connectivity index (χ2v) is 6.46. The molecule has 2 heterocycles. The third kappa shape index (κ3) is 2.25. The Kier molecular flexibility index (Phi) is 3.04. The fraction of sp³-hybridized carbons (Fsp3) is 0.176. The molecule has 1 unspecified atom stereocenters. The summed E-state index contributed by atoms with van der Waals surface area (Å²) in [6, 6.07) is 18.2. The number of amidine groups is 1. The van der Waals surface area contributed by atoms with Crippen molar-refractivity contribution in [2.75, 3.05) is 0 Å². The van der Waals surface area contributed by atoms with Gasteiger partial charge in [-0.05, 0) is 17.7 Å².